The van der Waals surface area contributed by atoms with Gasteiger partial charge in [0.15, 0.2) is 11.5 Å². The topological polar surface area (TPSA) is 59.6 Å². The Morgan fingerprint density at radius 2 is 1.82 bits per heavy atom. The Bertz CT molecular complexity index is 1090. The number of rotatable bonds is 10. The second-order valence-electron chi connectivity index (χ2n) is 8.06. The lowest BCUT2D eigenvalue weighted by molar-refractivity contribution is 0.0949. The number of benzene rings is 3. The molecule has 3 aromatic rings. The summed E-state index contributed by atoms with van der Waals surface area (Å²) < 4.78 is 24.4. The minimum atomic E-state index is -0.298. The number of hydrogen-bond acceptors (Lipinski definition) is 4. The van der Waals surface area contributed by atoms with Gasteiger partial charge in [-0.1, -0.05) is 43.6 Å². The number of amides is 1. The molecular weight excluding hydrogens is 443 g/mol. The number of nitrogens with one attached hydrogen (secondary N) is 2. The van der Waals surface area contributed by atoms with Crippen molar-refractivity contribution in [2.45, 2.75) is 27.0 Å². The van der Waals surface area contributed by atoms with E-state index in [0.717, 1.165) is 16.8 Å². The molecule has 0 spiro atoms. The summed E-state index contributed by atoms with van der Waals surface area (Å²) in [5.74, 6) is 0.921. The molecule has 7 heteroatoms. The average Bonchev–Trinajstić information content (AvgIpc) is 2.81. The standard InChI is InChI=1S/C26H28ClFN2O3/c1-17(2)14-30-26(31)20-5-4-6-22(13-20)29-15-19-11-23(27)25(24(12-19)32-3)33-16-18-7-9-21(28)10-8-18/h4-13,17,29H,14-16H2,1-3H3,(H,30,31). The smallest absolute Gasteiger partial charge is 0.251 e. The van der Waals surface area contributed by atoms with Gasteiger partial charge in [0.2, 0.25) is 0 Å². The third-order valence-electron chi connectivity index (χ3n) is 4.88. The van der Waals surface area contributed by atoms with Crippen molar-refractivity contribution in [2.75, 3.05) is 19.0 Å². The molecule has 2 N–H and O–H groups in total. The summed E-state index contributed by atoms with van der Waals surface area (Å²) in [6.45, 7) is 5.45. The van der Waals surface area contributed by atoms with Crippen molar-refractivity contribution in [3.63, 3.8) is 0 Å². The van der Waals surface area contributed by atoms with Crippen LogP contribution in [0.15, 0.2) is 60.7 Å². The van der Waals surface area contributed by atoms with E-state index in [4.69, 9.17) is 21.1 Å². The highest BCUT2D eigenvalue weighted by molar-refractivity contribution is 6.32. The number of hydrogen-bond donors (Lipinski definition) is 2. The van der Waals surface area contributed by atoms with Gasteiger partial charge in [-0.15, -0.1) is 0 Å². The second kappa shape index (κ2) is 11.6. The van der Waals surface area contributed by atoms with Crippen LogP contribution in [-0.2, 0) is 13.2 Å². The molecule has 0 saturated carbocycles. The zero-order chi connectivity index (χ0) is 23.8. The summed E-state index contributed by atoms with van der Waals surface area (Å²) in [7, 11) is 1.55. The summed E-state index contributed by atoms with van der Waals surface area (Å²) >= 11 is 6.47. The number of carbonyl (C=O) groups is 1. The van der Waals surface area contributed by atoms with E-state index in [-0.39, 0.29) is 18.3 Å². The van der Waals surface area contributed by atoms with Crippen LogP contribution < -0.4 is 20.1 Å². The van der Waals surface area contributed by atoms with E-state index in [1.807, 2.05) is 24.3 Å². The highest BCUT2D eigenvalue weighted by atomic mass is 35.5. The van der Waals surface area contributed by atoms with Crippen LogP contribution in [0.1, 0.15) is 35.3 Å². The molecule has 0 atom stereocenters. The van der Waals surface area contributed by atoms with Crippen molar-refractivity contribution < 1.29 is 18.7 Å². The normalized spacial score (nSPS) is 10.7. The van der Waals surface area contributed by atoms with Gasteiger partial charge < -0.3 is 20.1 Å². The van der Waals surface area contributed by atoms with E-state index in [1.165, 1.54) is 12.1 Å². The molecule has 0 aliphatic heterocycles. The molecule has 0 saturated heterocycles. The van der Waals surface area contributed by atoms with E-state index >= 15 is 0 Å². The van der Waals surface area contributed by atoms with Crippen LogP contribution in [0, 0.1) is 11.7 Å². The van der Waals surface area contributed by atoms with E-state index in [0.29, 0.717) is 41.1 Å². The largest absolute Gasteiger partial charge is 0.493 e. The molecule has 5 nitrogen and oxygen atoms in total. The van der Waals surface area contributed by atoms with Crippen LogP contribution in [0.2, 0.25) is 5.02 Å². The van der Waals surface area contributed by atoms with Crippen molar-refractivity contribution in [3.05, 3.63) is 88.2 Å². The van der Waals surface area contributed by atoms with Gasteiger partial charge in [-0.25, -0.2) is 4.39 Å². The van der Waals surface area contributed by atoms with E-state index in [2.05, 4.69) is 24.5 Å². The molecule has 33 heavy (non-hydrogen) atoms. The summed E-state index contributed by atoms with van der Waals surface area (Å²) in [4.78, 5) is 12.3. The molecule has 0 radical (unpaired) electrons. The maximum atomic E-state index is 13.1. The first-order valence-corrected chi connectivity index (χ1v) is 11.1. The van der Waals surface area contributed by atoms with Crippen LogP contribution in [-0.4, -0.2) is 19.6 Å². The summed E-state index contributed by atoms with van der Waals surface area (Å²) in [5, 5.41) is 6.65. The molecule has 0 bridgehead atoms. The summed E-state index contributed by atoms with van der Waals surface area (Å²) in [6.07, 6.45) is 0. The monoisotopic (exact) mass is 470 g/mol. The maximum absolute atomic E-state index is 13.1. The Balaban J connectivity index is 1.66. The number of anilines is 1. The molecule has 0 aliphatic rings. The molecule has 0 heterocycles. The van der Waals surface area contributed by atoms with Gasteiger partial charge in [0.1, 0.15) is 12.4 Å². The van der Waals surface area contributed by atoms with Crippen LogP contribution in [0.4, 0.5) is 10.1 Å². The van der Waals surface area contributed by atoms with Crippen molar-refractivity contribution >= 4 is 23.2 Å². The van der Waals surface area contributed by atoms with Gasteiger partial charge in [0, 0.05) is 24.3 Å². The van der Waals surface area contributed by atoms with Gasteiger partial charge in [-0.3, -0.25) is 4.79 Å². The fourth-order valence-corrected chi connectivity index (χ4v) is 3.41. The molecule has 0 fully saturated rings. The Morgan fingerprint density at radius 1 is 1.06 bits per heavy atom. The van der Waals surface area contributed by atoms with Crippen molar-refractivity contribution in [1.29, 1.82) is 0 Å². The van der Waals surface area contributed by atoms with Crippen molar-refractivity contribution in [2.24, 2.45) is 5.92 Å². The number of ether oxygens (including phenoxy) is 2. The third kappa shape index (κ3) is 7.12. The molecular formula is C26H28ClFN2O3. The maximum Gasteiger partial charge on any atom is 0.251 e. The molecule has 0 unspecified atom stereocenters. The van der Waals surface area contributed by atoms with Gasteiger partial charge in [-0.05, 0) is 59.5 Å². The zero-order valence-corrected chi connectivity index (χ0v) is 19.7. The predicted octanol–water partition coefficient (Wildman–Crippen LogP) is 6.06. The summed E-state index contributed by atoms with van der Waals surface area (Å²) in [6, 6.07) is 17.1. The highest BCUT2D eigenvalue weighted by Gasteiger charge is 2.13. The van der Waals surface area contributed by atoms with Crippen LogP contribution in [0.3, 0.4) is 0 Å². The fourth-order valence-electron chi connectivity index (χ4n) is 3.12. The first-order valence-electron chi connectivity index (χ1n) is 10.7. The minimum absolute atomic E-state index is 0.0975. The van der Waals surface area contributed by atoms with E-state index < -0.39 is 0 Å². The van der Waals surface area contributed by atoms with Crippen LogP contribution in [0.5, 0.6) is 11.5 Å². The third-order valence-corrected chi connectivity index (χ3v) is 5.16. The van der Waals surface area contributed by atoms with Gasteiger partial charge in [0.05, 0.1) is 12.1 Å². The van der Waals surface area contributed by atoms with Gasteiger partial charge >= 0.3 is 0 Å². The Labute approximate surface area is 198 Å². The molecule has 0 aliphatic carbocycles. The molecule has 0 aromatic heterocycles. The Kier molecular flexibility index (Phi) is 8.55. The first kappa shape index (κ1) is 24.4. The number of methoxy groups -OCH3 is 1. The lowest BCUT2D eigenvalue weighted by Crippen LogP contribution is -2.27. The minimum Gasteiger partial charge on any atom is -0.493 e. The van der Waals surface area contributed by atoms with Crippen LogP contribution >= 0.6 is 11.6 Å². The van der Waals surface area contributed by atoms with E-state index in [1.54, 1.807) is 31.4 Å². The van der Waals surface area contributed by atoms with Gasteiger partial charge in [0.25, 0.3) is 5.91 Å². The zero-order valence-electron chi connectivity index (χ0n) is 19.0. The molecule has 3 aromatic carbocycles. The molecule has 1 amide bonds. The quantitative estimate of drug-likeness (QED) is 0.378. The fraction of sp³-hybridized carbons (Fsp3) is 0.269. The van der Waals surface area contributed by atoms with Crippen molar-refractivity contribution in [1.82, 2.24) is 5.32 Å². The SMILES string of the molecule is COc1cc(CNc2cccc(C(=O)NCC(C)C)c2)cc(Cl)c1OCc1ccc(F)cc1. The van der Waals surface area contributed by atoms with Crippen LogP contribution in [0.25, 0.3) is 0 Å². The van der Waals surface area contributed by atoms with Gasteiger partial charge in [-0.2, -0.15) is 0 Å². The van der Waals surface area contributed by atoms with E-state index in [9.17, 15) is 9.18 Å². The molecule has 3 rings (SSSR count). The highest BCUT2D eigenvalue weighted by Crippen LogP contribution is 2.37. The predicted molar refractivity (Wildman–Crippen MR) is 130 cm³/mol. The Hall–Kier alpha value is -3.25. The van der Waals surface area contributed by atoms with Crippen molar-refractivity contribution in [3.8, 4) is 11.5 Å². The lowest BCUT2D eigenvalue weighted by Gasteiger charge is -2.15. The first-order chi connectivity index (χ1) is 15.9. The molecule has 174 valence electrons. The second-order valence-corrected chi connectivity index (χ2v) is 8.47. The lowest BCUT2D eigenvalue weighted by atomic mass is 10.1. The average molecular weight is 471 g/mol. The number of carbonyl (C=O) groups excluding carboxylic acids is 1. The Morgan fingerprint density at radius 3 is 2.52 bits per heavy atom. The number of halogens is 2. The summed E-state index contributed by atoms with van der Waals surface area (Å²) in [5.41, 5.74) is 3.12.